The summed E-state index contributed by atoms with van der Waals surface area (Å²) in [6, 6.07) is 1.92. The summed E-state index contributed by atoms with van der Waals surface area (Å²) in [6.07, 6.45) is 6.15. The van der Waals surface area contributed by atoms with Crippen LogP contribution in [0, 0.1) is 0 Å². The highest BCUT2D eigenvalue weighted by molar-refractivity contribution is 5.94. The highest BCUT2D eigenvalue weighted by atomic mass is 35.5. The van der Waals surface area contributed by atoms with Crippen molar-refractivity contribution in [1.29, 1.82) is 0 Å². The SMILES string of the molecule is Cl.O=C(NC1CCCNC1)c1cc2c([nH]c1=O)CCCC2. The summed E-state index contributed by atoms with van der Waals surface area (Å²) in [5.41, 5.74) is 2.14. The Kier molecular flexibility index (Phi) is 5.42. The van der Waals surface area contributed by atoms with Crippen LogP contribution >= 0.6 is 12.4 Å². The number of aryl methyl sites for hydroxylation is 2. The molecular weight excluding hydrogens is 290 g/mol. The summed E-state index contributed by atoms with van der Waals surface area (Å²) >= 11 is 0. The Morgan fingerprint density at radius 1 is 1.24 bits per heavy atom. The minimum Gasteiger partial charge on any atom is -0.348 e. The van der Waals surface area contributed by atoms with Crippen molar-refractivity contribution in [3.63, 3.8) is 0 Å². The molecule has 1 aliphatic heterocycles. The molecule has 6 heteroatoms. The van der Waals surface area contributed by atoms with E-state index in [9.17, 15) is 9.59 Å². The summed E-state index contributed by atoms with van der Waals surface area (Å²) in [6.45, 7) is 1.79. The number of piperidine rings is 1. The fourth-order valence-electron chi connectivity index (χ4n) is 3.08. The molecule has 1 aliphatic carbocycles. The molecular formula is C15H22ClN3O2. The first kappa shape index (κ1) is 16.0. The van der Waals surface area contributed by atoms with Gasteiger partial charge in [0.2, 0.25) is 0 Å². The topological polar surface area (TPSA) is 74.0 Å². The zero-order valence-corrected chi connectivity index (χ0v) is 12.9. The number of nitrogens with one attached hydrogen (secondary N) is 3. The molecule has 21 heavy (non-hydrogen) atoms. The summed E-state index contributed by atoms with van der Waals surface area (Å²) in [4.78, 5) is 27.2. The quantitative estimate of drug-likeness (QED) is 0.767. The lowest BCUT2D eigenvalue weighted by atomic mass is 9.95. The fourth-order valence-corrected chi connectivity index (χ4v) is 3.08. The average molecular weight is 312 g/mol. The Morgan fingerprint density at radius 3 is 2.81 bits per heavy atom. The van der Waals surface area contributed by atoms with Crippen molar-refractivity contribution in [2.45, 2.75) is 44.6 Å². The number of carbonyl (C=O) groups is 1. The molecule has 116 valence electrons. The first-order valence-electron chi connectivity index (χ1n) is 7.50. The van der Waals surface area contributed by atoms with Crippen molar-refractivity contribution in [1.82, 2.24) is 15.6 Å². The van der Waals surface area contributed by atoms with Gasteiger partial charge in [-0.25, -0.2) is 0 Å². The maximum atomic E-state index is 12.3. The van der Waals surface area contributed by atoms with Crippen LogP contribution in [0.2, 0.25) is 0 Å². The number of hydrogen-bond donors (Lipinski definition) is 3. The van der Waals surface area contributed by atoms with Gasteiger partial charge in [-0.05, 0) is 56.7 Å². The third-order valence-electron chi connectivity index (χ3n) is 4.21. The second kappa shape index (κ2) is 7.09. The molecule has 1 aromatic heterocycles. The highest BCUT2D eigenvalue weighted by Gasteiger charge is 2.20. The molecule has 3 rings (SSSR count). The van der Waals surface area contributed by atoms with Crippen molar-refractivity contribution >= 4 is 18.3 Å². The van der Waals surface area contributed by atoms with Gasteiger partial charge in [0.15, 0.2) is 0 Å². The Labute approximate surface area is 130 Å². The smallest absolute Gasteiger partial charge is 0.261 e. The van der Waals surface area contributed by atoms with Gasteiger partial charge in [0, 0.05) is 18.3 Å². The van der Waals surface area contributed by atoms with E-state index >= 15 is 0 Å². The maximum Gasteiger partial charge on any atom is 0.261 e. The van der Waals surface area contributed by atoms with E-state index in [1.165, 1.54) is 0 Å². The minimum absolute atomic E-state index is 0. The molecule has 1 amide bonds. The van der Waals surface area contributed by atoms with Crippen LogP contribution in [0.5, 0.6) is 0 Å². The van der Waals surface area contributed by atoms with Crippen molar-refractivity contribution in [2.24, 2.45) is 0 Å². The molecule has 0 saturated carbocycles. The van der Waals surface area contributed by atoms with Crippen molar-refractivity contribution in [3.8, 4) is 0 Å². The average Bonchev–Trinajstić information content (AvgIpc) is 2.47. The minimum atomic E-state index is -0.257. The zero-order chi connectivity index (χ0) is 13.9. The maximum absolute atomic E-state index is 12.3. The monoisotopic (exact) mass is 311 g/mol. The molecule has 1 fully saturated rings. The van der Waals surface area contributed by atoms with Crippen LogP contribution in [-0.2, 0) is 12.8 Å². The van der Waals surface area contributed by atoms with Crippen LogP contribution in [0.15, 0.2) is 10.9 Å². The van der Waals surface area contributed by atoms with Crippen molar-refractivity contribution in [2.75, 3.05) is 13.1 Å². The third kappa shape index (κ3) is 3.66. The lowest BCUT2D eigenvalue weighted by Crippen LogP contribution is -2.46. The van der Waals surface area contributed by atoms with Gasteiger partial charge >= 0.3 is 0 Å². The number of H-pyrrole nitrogens is 1. The first-order chi connectivity index (χ1) is 9.74. The molecule has 1 unspecified atom stereocenters. The molecule has 0 radical (unpaired) electrons. The van der Waals surface area contributed by atoms with E-state index in [4.69, 9.17) is 0 Å². The van der Waals surface area contributed by atoms with Crippen LogP contribution in [-0.4, -0.2) is 30.0 Å². The molecule has 2 aliphatic rings. The van der Waals surface area contributed by atoms with Gasteiger partial charge in [0.25, 0.3) is 11.5 Å². The number of amides is 1. The van der Waals surface area contributed by atoms with E-state index < -0.39 is 0 Å². The number of fused-ring (bicyclic) bond motifs is 1. The number of aromatic amines is 1. The van der Waals surface area contributed by atoms with Gasteiger partial charge in [-0.3, -0.25) is 9.59 Å². The molecule has 0 aromatic carbocycles. The lowest BCUT2D eigenvalue weighted by molar-refractivity contribution is 0.0929. The van der Waals surface area contributed by atoms with Crippen LogP contribution in [0.25, 0.3) is 0 Å². The highest BCUT2D eigenvalue weighted by Crippen LogP contribution is 2.18. The van der Waals surface area contributed by atoms with Crippen LogP contribution < -0.4 is 16.2 Å². The largest absolute Gasteiger partial charge is 0.348 e. The van der Waals surface area contributed by atoms with E-state index in [0.717, 1.165) is 62.9 Å². The second-order valence-electron chi connectivity index (χ2n) is 5.74. The molecule has 5 nitrogen and oxygen atoms in total. The number of hydrogen-bond acceptors (Lipinski definition) is 3. The molecule has 1 aromatic rings. The number of halogens is 1. The summed E-state index contributed by atoms with van der Waals surface area (Å²) in [7, 11) is 0. The molecule has 2 heterocycles. The van der Waals surface area contributed by atoms with E-state index in [-0.39, 0.29) is 35.5 Å². The molecule has 0 bridgehead atoms. The standard InChI is InChI=1S/C15H21N3O2.ClH/c19-14(17-11-5-3-7-16-9-11)12-8-10-4-1-2-6-13(10)18-15(12)20;/h8,11,16H,1-7,9H2,(H,17,19)(H,18,20);1H. The molecule has 1 atom stereocenters. The van der Waals surface area contributed by atoms with Crippen LogP contribution in [0.3, 0.4) is 0 Å². The van der Waals surface area contributed by atoms with E-state index in [2.05, 4.69) is 15.6 Å². The van der Waals surface area contributed by atoms with E-state index in [1.807, 2.05) is 0 Å². The Morgan fingerprint density at radius 2 is 2.05 bits per heavy atom. The fraction of sp³-hybridized carbons (Fsp3) is 0.600. The van der Waals surface area contributed by atoms with Gasteiger partial charge in [0.05, 0.1) is 0 Å². The van der Waals surface area contributed by atoms with Gasteiger partial charge in [-0.2, -0.15) is 0 Å². The van der Waals surface area contributed by atoms with Crippen LogP contribution in [0.4, 0.5) is 0 Å². The van der Waals surface area contributed by atoms with E-state index in [1.54, 1.807) is 6.07 Å². The number of rotatable bonds is 2. The van der Waals surface area contributed by atoms with E-state index in [0.29, 0.717) is 0 Å². The first-order valence-corrected chi connectivity index (χ1v) is 7.50. The Hall–Kier alpha value is -1.33. The van der Waals surface area contributed by atoms with Gasteiger partial charge in [-0.15, -0.1) is 12.4 Å². The number of carbonyl (C=O) groups excluding carboxylic acids is 1. The summed E-state index contributed by atoms with van der Waals surface area (Å²) in [5, 5.41) is 6.22. The zero-order valence-electron chi connectivity index (χ0n) is 12.0. The Bertz CT molecular complexity index is 565. The van der Waals surface area contributed by atoms with Crippen molar-refractivity contribution < 1.29 is 4.79 Å². The molecule has 1 saturated heterocycles. The Balaban J connectivity index is 0.00000161. The van der Waals surface area contributed by atoms with Gasteiger partial charge < -0.3 is 15.6 Å². The predicted molar refractivity (Wildman–Crippen MR) is 84.3 cm³/mol. The second-order valence-corrected chi connectivity index (χ2v) is 5.74. The molecule has 3 N–H and O–H groups in total. The van der Waals surface area contributed by atoms with Gasteiger partial charge in [-0.1, -0.05) is 0 Å². The molecule has 0 spiro atoms. The third-order valence-corrected chi connectivity index (χ3v) is 4.21. The lowest BCUT2D eigenvalue weighted by Gasteiger charge is -2.24. The predicted octanol–water partition coefficient (Wildman–Crippen LogP) is 1.16. The number of aromatic nitrogens is 1. The van der Waals surface area contributed by atoms with Crippen molar-refractivity contribution in [3.05, 3.63) is 33.2 Å². The summed E-state index contributed by atoms with van der Waals surface area (Å²) in [5.74, 6) is -0.242. The normalized spacial score (nSPS) is 21.0. The number of pyridine rings is 1. The summed E-state index contributed by atoms with van der Waals surface area (Å²) < 4.78 is 0. The van der Waals surface area contributed by atoms with Crippen LogP contribution in [0.1, 0.15) is 47.3 Å². The van der Waals surface area contributed by atoms with Gasteiger partial charge in [0.1, 0.15) is 5.56 Å².